The Kier molecular flexibility index (Phi) is 5.05. The van der Waals surface area contributed by atoms with Crippen LogP contribution in [0.1, 0.15) is 66.1 Å². The smallest absolute Gasteiger partial charge is 0.256 e. The highest BCUT2D eigenvalue weighted by Gasteiger charge is 2.37. The van der Waals surface area contributed by atoms with Crippen molar-refractivity contribution in [2.24, 2.45) is 11.3 Å². The molecule has 0 radical (unpaired) electrons. The zero-order chi connectivity index (χ0) is 20.2. The summed E-state index contributed by atoms with van der Waals surface area (Å²) < 4.78 is 0. The second kappa shape index (κ2) is 7.12. The van der Waals surface area contributed by atoms with Crippen LogP contribution < -0.4 is 10.6 Å². The molecule has 28 heavy (non-hydrogen) atoms. The van der Waals surface area contributed by atoms with E-state index in [0.29, 0.717) is 21.9 Å². The number of carbonyl (C=O) groups excluding carboxylic acids is 1. The Bertz CT molecular complexity index is 954. The summed E-state index contributed by atoms with van der Waals surface area (Å²) in [6.45, 7) is 6.92. The molecule has 1 aromatic carbocycles. The van der Waals surface area contributed by atoms with Crippen LogP contribution in [0.5, 0.6) is 5.75 Å². The molecule has 0 saturated carbocycles. The number of thiophene rings is 1. The quantitative estimate of drug-likeness (QED) is 0.537. The van der Waals surface area contributed by atoms with Crippen molar-refractivity contribution in [3.8, 4) is 5.75 Å². The van der Waals surface area contributed by atoms with Gasteiger partial charge in [0, 0.05) is 15.5 Å². The number of rotatable bonds is 3. The average molecular weight is 439 g/mol. The molecule has 0 saturated heterocycles. The Morgan fingerprint density at radius 2 is 2.04 bits per heavy atom. The van der Waals surface area contributed by atoms with Gasteiger partial charge in [-0.25, -0.2) is 0 Å². The van der Waals surface area contributed by atoms with E-state index in [1.807, 2.05) is 0 Å². The highest BCUT2D eigenvalue weighted by Crippen LogP contribution is 2.47. The zero-order valence-corrected chi connectivity index (χ0v) is 18.5. The fourth-order valence-corrected chi connectivity index (χ4v) is 6.08. The number of benzene rings is 1. The molecule has 1 aliphatic carbocycles. The van der Waals surface area contributed by atoms with E-state index in [4.69, 9.17) is 23.2 Å². The first kappa shape index (κ1) is 19.9. The highest BCUT2D eigenvalue weighted by molar-refractivity contribution is 7.16. The molecule has 0 bridgehead atoms. The largest absolute Gasteiger partial charge is 0.506 e. The van der Waals surface area contributed by atoms with Gasteiger partial charge >= 0.3 is 0 Å². The lowest BCUT2D eigenvalue weighted by Crippen LogP contribution is -2.38. The summed E-state index contributed by atoms with van der Waals surface area (Å²) in [5, 5.41) is 18.1. The van der Waals surface area contributed by atoms with Crippen LogP contribution in [0, 0.1) is 11.3 Å². The second-order valence-corrected chi connectivity index (χ2v) is 10.3. The summed E-state index contributed by atoms with van der Waals surface area (Å²) in [5.41, 5.74) is 2.70. The predicted octanol–water partition coefficient (Wildman–Crippen LogP) is 6.16. The first-order valence-electron chi connectivity index (χ1n) is 9.61. The van der Waals surface area contributed by atoms with Gasteiger partial charge in [-0.15, -0.1) is 11.3 Å². The molecule has 1 aliphatic heterocycles. The number of hydrogen-bond acceptors (Lipinski definition) is 4. The summed E-state index contributed by atoms with van der Waals surface area (Å²) in [7, 11) is 0. The second-order valence-electron chi connectivity index (χ2n) is 8.37. The van der Waals surface area contributed by atoms with Gasteiger partial charge in [-0.1, -0.05) is 50.4 Å². The lowest BCUT2D eigenvalue weighted by Gasteiger charge is -2.36. The van der Waals surface area contributed by atoms with E-state index in [9.17, 15) is 9.90 Å². The normalized spacial score (nSPS) is 21.5. The summed E-state index contributed by atoms with van der Waals surface area (Å²) >= 11 is 13.8. The van der Waals surface area contributed by atoms with Gasteiger partial charge in [-0.3, -0.25) is 4.79 Å². The minimum absolute atomic E-state index is 0.0709. The molecule has 150 valence electrons. The van der Waals surface area contributed by atoms with Crippen molar-refractivity contribution in [2.75, 3.05) is 5.32 Å². The number of hydrogen-bond donors (Lipinski definition) is 3. The number of nitrogens with one attached hydrogen (secondary N) is 2. The first-order chi connectivity index (χ1) is 13.2. The number of fused-ring (bicyclic) bond motifs is 3. The molecular formula is C21H24Cl2N2O2S. The number of carbonyl (C=O) groups is 1. The van der Waals surface area contributed by atoms with Gasteiger partial charge in [0.1, 0.15) is 16.9 Å². The van der Waals surface area contributed by atoms with E-state index >= 15 is 0 Å². The molecule has 2 aromatic rings. The van der Waals surface area contributed by atoms with E-state index < -0.39 is 6.17 Å². The van der Waals surface area contributed by atoms with E-state index in [1.54, 1.807) is 17.4 Å². The van der Waals surface area contributed by atoms with Gasteiger partial charge in [-0.05, 0) is 48.3 Å². The van der Waals surface area contributed by atoms with E-state index in [2.05, 4.69) is 31.4 Å². The summed E-state index contributed by atoms with van der Waals surface area (Å²) in [5.74, 6) is 0.443. The third-order valence-electron chi connectivity index (χ3n) is 6.43. The van der Waals surface area contributed by atoms with E-state index in [0.717, 1.165) is 36.2 Å². The van der Waals surface area contributed by atoms with E-state index in [-0.39, 0.29) is 16.7 Å². The van der Waals surface area contributed by atoms with Gasteiger partial charge < -0.3 is 15.7 Å². The van der Waals surface area contributed by atoms with Crippen molar-refractivity contribution in [2.45, 2.75) is 52.6 Å². The van der Waals surface area contributed by atoms with Crippen LogP contribution >= 0.6 is 34.5 Å². The number of amides is 1. The molecule has 4 rings (SSSR count). The van der Waals surface area contributed by atoms with Crippen LogP contribution in [-0.4, -0.2) is 11.0 Å². The van der Waals surface area contributed by atoms with Gasteiger partial charge in [-0.2, -0.15) is 0 Å². The van der Waals surface area contributed by atoms with Crippen LogP contribution in [0.2, 0.25) is 10.0 Å². The molecule has 2 atom stereocenters. The van der Waals surface area contributed by atoms with E-state index in [1.165, 1.54) is 16.5 Å². The summed E-state index contributed by atoms with van der Waals surface area (Å²) in [6.07, 6.45) is 3.64. The molecule has 1 aromatic heterocycles. The molecular weight excluding hydrogens is 415 g/mol. The minimum atomic E-state index is -0.570. The zero-order valence-electron chi connectivity index (χ0n) is 16.2. The Morgan fingerprint density at radius 1 is 1.29 bits per heavy atom. The lowest BCUT2D eigenvalue weighted by molar-refractivity contribution is 0.0934. The number of phenols is 1. The van der Waals surface area contributed by atoms with Gasteiger partial charge in [0.05, 0.1) is 10.6 Å². The number of aromatic hydroxyl groups is 1. The Hall–Kier alpha value is -1.43. The Balaban J connectivity index is 1.67. The summed E-state index contributed by atoms with van der Waals surface area (Å²) in [4.78, 5) is 14.2. The van der Waals surface area contributed by atoms with Crippen molar-refractivity contribution < 1.29 is 9.90 Å². The van der Waals surface area contributed by atoms with Gasteiger partial charge in [0.25, 0.3) is 5.91 Å². The molecule has 3 N–H and O–H groups in total. The van der Waals surface area contributed by atoms with Crippen LogP contribution in [0.15, 0.2) is 12.1 Å². The topological polar surface area (TPSA) is 61.4 Å². The molecule has 1 amide bonds. The number of phenolic OH excluding ortho intramolecular Hbond substituents is 1. The number of halogens is 2. The molecule has 2 aliphatic rings. The molecule has 0 spiro atoms. The monoisotopic (exact) mass is 438 g/mol. The molecule has 0 unspecified atom stereocenters. The third kappa shape index (κ3) is 3.27. The molecule has 4 nitrogen and oxygen atoms in total. The third-order valence-corrected chi connectivity index (χ3v) is 8.12. The maximum absolute atomic E-state index is 12.9. The van der Waals surface area contributed by atoms with Crippen molar-refractivity contribution in [3.05, 3.63) is 43.7 Å². The highest BCUT2D eigenvalue weighted by atomic mass is 35.5. The maximum atomic E-state index is 12.9. The lowest BCUT2D eigenvalue weighted by atomic mass is 9.69. The van der Waals surface area contributed by atoms with Gasteiger partial charge in [0.2, 0.25) is 0 Å². The first-order valence-corrected chi connectivity index (χ1v) is 11.2. The number of anilines is 1. The van der Waals surface area contributed by atoms with Gasteiger partial charge in [0.15, 0.2) is 0 Å². The Labute approximate surface area is 179 Å². The standard InChI is InChI=1S/C21H24Cl2N2O2S/c1-4-21(2,3)10-5-6-12-15(7-10)28-20-16(12)19(27)24-18(25-20)13-8-11(22)9-14(23)17(13)26/h8-10,18,25-26H,4-7H2,1-3H3,(H,24,27)/t10-,18+/m0/s1. The van der Waals surface area contributed by atoms with Crippen molar-refractivity contribution in [1.82, 2.24) is 5.32 Å². The molecule has 2 heterocycles. The summed E-state index contributed by atoms with van der Waals surface area (Å²) in [6, 6.07) is 3.11. The SMILES string of the molecule is CCC(C)(C)[C@H]1CCc2c(sc3c2C(=O)N[C@@H](c2cc(Cl)cc(Cl)c2O)N3)C1. The van der Waals surface area contributed by atoms with Crippen LogP contribution in [0.25, 0.3) is 0 Å². The Morgan fingerprint density at radius 3 is 2.75 bits per heavy atom. The minimum Gasteiger partial charge on any atom is -0.506 e. The van der Waals surface area contributed by atoms with Crippen LogP contribution in [0.3, 0.4) is 0 Å². The predicted molar refractivity (Wildman–Crippen MR) is 116 cm³/mol. The van der Waals surface area contributed by atoms with Crippen LogP contribution in [0.4, 0.5) is 5.00 Å². The average Bonchev–Trinajstić information content (AvgIpc) is 3.02. The maximum Gasteiger partial charge on any atom is 0.256 e. The van der Waals surface area contributed by atoms with Crippen molar-refractivity contribution >= 4 is 45.4 Å². The molecule has 7 heteroatoms. The molecule has 0 fully saturated rings. The van der Waals surface area contributed by atoms with Crippen LogP contribution in [-0.2, 0) is 12.8 Å². The fourth-order valence-electron chi connectivity index (χ4n) is 4.22. The van der Waals surface area contributed by atoms with Crippen molar-refractivity contribution in [3.63, 3.8) is 0 Å². The fraction of sp³-hybridized carbons (Fsp3) is 0.476. The van der Waals surface area contributed by atoms with Crippen molar-refractivity contribution in [1.29, 1.82) is 0 Å².